The van der Waals surface area contributed by atoms with Gasteiger partial charge in [-0.1, -0.05) is 41.5 Å². The molecule has 9 atom stereocenters. The number of aliphatic hydroxyl groups is 1. The zero-order valence-corrected chi connectivity index (χ0v) is 21.8. The predicted molar refractivity (Wildman–Crippen MR) is 130 cm³/mol. The van der Waals surface area contributed by atoms with Crippen LogP contribution in [0.25, 0.3) is 0 Å². The van der Waals surface area contributed by atoms with Crippen LogP contribution in [0.15, 0.2) is 0 Å². The summed E-state index contributed by atoms with van der Waals surface area (Å²) in [6.45, 7) is 19.6. The van der Waals surface area contributed by atoms with Crippen molar-refractivity contribution in [1.82, 2.24) is 0 Å². The fourth-order valence-electron chi connectivity index (χ4n) is 8.56. The Morgan fingerprint density at radius 2 is 1.37 bits per heavy atom. The highest BCUT2D eigenvalue weighted by molar-refractivity contribution is 5.09. The number of hydrogen-bond acceptors (Lipinski definition) is 2. The molecular formula is C28H54O2. The van der Waals surface area contributed by atoms with Crippen LogP contribution in [0, 0.1) is 40.4 Å². The van der Waals surface area contributed by atoms with E-state index in [1.165, 1.54) is 57.8 Å². The van der Waals surface area contributed by atoms with Gasteiger partial charge in [0.1, 0.15) is 0 Å². The normalized spacial score (nSPS) is 45.7. The summed E-state index contributed by atoms with van der Waals surface area (Å²) in [7, 11) is 0. The highest BCUT2D eigenvalue weighted by Gasteiger charge is 2.60. The van der Waals surface area contributed by atoms with Gasteiger partial charge in [-0.3, -0.25) is 0 Å². The first-order valence-electron chi connectivity index (χ1n) is 13.6. The first-order valence-corrected chi connectivity index (χ1v) is 13.6. The van der Waals surface area contributed by atoms with Gasteiger partial charge in [0, 0.05) is 0 Å². The maximum absolute atomic E-state index is 10.4. The van der Waals surface area contributed by atoms with Gasteiger partial charge in [-0.15, -0.1) is 0 Å². The lowest BCUT2D eigenvalue weighted by molar-refractivity contribution is -0.144. The third-order valence-corrected chi connectivity index (χ3v) is 9.74. The molecule has 0 aromatic carbocycles. The van der Waals surface area contributed by atoms with Crippen LogP contribution in [0.1, 0.15) is 120 Å². The molecule has 0 aromatic rings. The van der Waals surface area contributed by atoms with E-state index in [2.05, 4.69) is 27.7 Å². The number of fused-ring (bicyclic) bond motifs is 5. The van der Waals surface area contributed by atoms with Crippen LogP contribution in [-0.2, 0) is 4.74 Å². The number of hydrogen-bond donors (Lipinski definition) is 1. The standard InChI is InChI=1S/C24H42O2.2C2H6/c1-15(2)26-18-10-12-23(4)17(14-18)6-7-19-21-9-8-20(16(3)25)24(21,5)13-11-22(19)23;2*1-2/h15-22,25H,6-14H2,1-5H3;2*1-2H3. The molecule has 0 aromatic heterocycles. The van der Waals surface area contributed by atoms with Crippen LogP contribution < -0.4 is 0 Å². The molecule has 178 valence electrons. The Morgan fingerprint density at radius 1 is 0.767 bits per heavy atom. The summed E-state index contributed by atoms with van der Waals surface area (Å²) in [5.41, 5.74) is 0.945. The number of aliphatic hydroxyl groups excluding tert-OH is 1. The maximum atomic E-state index is 10.4. The van der Waals surface area contributed by atoms with Crippen LogP contribution in [-0.4, -0.2) is 23.4 Å². The second-order valence-corrected chi connectivity index (χ2v) is 11.2. The van der Waals surface area contributed by atoms with E-state index in [0.717, 1.165) is 23.7 Å². The SMILES string of the molecule is CC.CC.CC(C)OC1CCC2(C)C(CCC3C2CCC2(C)C(C(C)O)CCC32)C1. The minimum absolute atomic E-state index is 0.128. The fraction of sp³-hybridized carbons (Fsp3) is 1.00. The zero-order valence-electron chi connectivity index (χ0n) is 21.8. The molecule has 0 aliphatic heterocycles. The molecule has 0 amide bonds. The van der Waals surface area contributed by atoms with Crippen LogP contribution in [0.3, 0.4) is 0 Å². The van der Waals surface area contributed by atoms with Crippen molar-refractivity contribution >= 4 is 0 Å². The highest BCUT2D eigenvalue weighted by Crippen LogP contribution is 2.67. The van der Waals surface area contributed by atoms with Gasteiger partial charge in [-0.2, -0.15) is 0 Å². The average molecular weight is 423 g/mol. The molecule has 4 aliphatic rings. The van der Waals surface area contributed by atoms with Gasteiger partial charge in [0.25, 0.3) is 0 Å². The van der Waals surface area contributed by atoms with Gasteiger partial charge in [0.2, 0.25) is 0 Å². The van der Waals surface area contributed by atoms with E-state index in [0.29, 0.717) is 29.0 Å². The monoisotopic (exact) mass is 422 g/mol. The Morgan fingerprint density at radius 3 is 1.97 bits per heavy atom. The second-order valence-electron chi connectivity index (χ2n) is 11.2. The molecule has 1 N–H and O–H groups in total. The van der Waals surface area contributed by atoms with Gasteiger partial charge >= 0.3 is 0 Å². The summed E-state index contributed by atoms with van der Waals surface area (Å²) < 4.78 is 6.22. The largest absolute Gasteiger partial charge is 0.393 e. The zero-order chi connectivity index (χ0) is 22.7. The van der Waals surface area contributed by atoms with Gasteiger partial charge < -0.3 is 9.84 Å². The third-order valence-electron chi connectivity index (χ3n) is 9.74. The fourth-order valence-corrected chi connectivity index (χ4v) is 8.56. The van der Waals surface area contributed by atoms with Crippen molar-refractivity contribution < 1.29 is 9.84 Å². The Labute approximate surface area is 188 Å². The van der Waals surface area contributed by atoms with Gasteiger partial charge in [-0.25, -0.2) is 0 Å². The maximum Gasteiger partial charge on any atom is 0.0581 e. The van der Waals surface area contributed by atoms with Crippen LogP contribution in [0.4, 0.5) is 0 Å². The van der Waals surface area contributed by atoms with Gasteiger partial charge in [-0.05, 0) is 119 Å². The summed E-state index contributed by atoms with van der Waals surface area (Å²) >= 11 is 0. The van der Waals surface area contributed by atoms with E-state index in [1.54, 1.807) is 0 Å². The van der Waals surface area contributed by atoms with Crippen molar-refractivity contribution in [2.45, 2.75) is 138 Å². The van der Waals surface area contributed by atoms with Crippen LogP contribution in [0.5, 0.6) is 0 Å². The highest BCUT2D eigenvalue weighted by atomic mass is 16.5. The molecule has 0 saturated heterocycles. The number of rotatable bonds is 3. The molecule has 0 radical (unpaired) electrons. The Bertz CT molecular complexity index is 515. The van der Waals surface area contributed by atoms with Gasteiger partial charge in [0.15, 0.2) is 0 Å². The number of ether oxygens (including phenoxy) is 1. The molecule has 0 heterocycles. The Kier molecular flexibility index (Phi) is 9.33. The van der Waals surface area contributed by atoms with Crippen LogP contribution in [0.2, 0.25) is 0 Å². The molecular weight excluding hydrogens is 368 g/mol. The molecule has 0 bridgehead atoms. The molecule has 0 spiro atoms. The third kappa shape index (κ3) is 4.66. The van der Waals surface area contributed by atoms with E-state index in [1.807, 2.05) is 34.6 Å². The van der Waals surface area contributed by atoms with Crippen molar-refractivity contribution in [2.75, 3.05) is 0 Å². The first-order chi connectivity index (χ1) is 14.3. The second kappa shape index (κ2) is 10.7. The van der Waals surface area contributed by atoms with Crippen molar-refractivity contribution in [3.8, 4) is 0 Å². The lowest BCUT2D eigenvalue weighted by Gasteiger charge is -2.61. The molecule has 4 rings (SSSR count). The molecule has 2 nitrogen and oxygen atoms in total. The topological polar surface area (TPSA) is 29.5 Å². The molecule has 30 heavy (non-hydrogen) atoms. The first kappa shape index (κ1) is 26.2. The quantitative estimate of drug-likeness (QED) is 0.501. The van der Waals surface area contributed by atoms with Crippen molar-refractivity contribution in [3.63, 3.8) is 0 Å². The molecule has 2 heteroatoms. The molecule has 9 unspecified atom stereocenters. The van der Waals surface area contributed by atoms with E-state index in [4.69, 9.17) is 4.74 Å². The minimum atomic E-state index is -0.128. The lowest BCUT2D eigenvalue weighted by atomic mass is 9.44. The summed E-state index contributed by atoms with van der Waals surface area (Å²) in [5.74, 6) is 4.12. The minimum Gasteiger partial charge on any atom is -0.393 e. The summed E-state index contributed by atoms with van der Waals surface area (Å²) in [4.78, 5) is 0. The summed E-state index contributed by atoms with van der Waals surface area (Å²) in [6, 6.07) is 0. The van der Waals surface area contributed by atoms with E-state index < -0.39 is 0 Å². The van der Waals surface area contributed by atoms with Crippen LogP contribution >= 0.6 is 0 Å². The van der Waals surface area contributed by atoms with Crippen molar-refractivity contribution in [3.05, 3.63) is 0 Å². The Balaban J connectivity index is 0.000000757. The summed E-state index contributed by atoms with van der Waals surface area (Å²) in [5, 5.41) is 10.4. The smallest absolute Gasteiger partial charge is 0.0581 e. The molecule has 4 saturated carbocycles. The van der Waals surface area contributed by atoms with Crippen molar-refractivity contribution in [2.24, 2.45) is 40.4 Å². The molecule has 4 fully saturated rings. The molecule has 4 aliphatic carbocycles. The van der Waals surface area contributed by atoms with E-state index >= 15 is 0 Å². The predicted octanol–water partition coefficient (Wildman–Crippen LogP) is 7.87. The lowest BCUT2D eigenvalue weighted by Crippen LogP contribution is -2.54. The summed E-state index contributed by atoms with van der Waals surface area (Å²) in [6.07, 6.45) is 12.9. The van der Waals surface area contributed by atoms with Crippen molar-refractivity contribution in [1.29, 1.82) is 0 Å². The van der Waals surface area contributed by atoms with Gasteiger partial charge in [0.05, 0.1) is 18.3 Å². The van der Waals surface area contributed by atoms with E-state index in [9.17, 15) is 5.11 Å². The van der Waals surface area contributed by atoms with E-state index in [-0.39, 0.29) is 6.10 Å². The Hall–Kier alpha value is -0.0800. The average Bonchev–Trinajstić information content (AvgIpc) is 3.08.